The number of aliphatic hydroxyl groups is 1. The highest BCUT2D eigenvalue weighted by molar-refractivity contribution is 5.21. The number of benzene rings is 1. The topological polar surface area (TPSA) is 20.2 Å². The SMILES string of the molecule is C#CC(O)Cc1c(F)cccc1F. The van der Waals surface area contributed by atoms with Crippen LogP contribution in [0.5, 0.6) is 0 Å². The summed E-state index contributed by atoms with van der Waals surface area (Å²) < 4.78 is 25.9. The fourth-order valence-electron chi connectivity index (χ4n) is 0.980. The van der Waals surface area contributed by atoms with Gasteiger partial charge in [0.1, 0.15) is 17.7 Å². The second-order valence-electron chi connectivity index (χ2n) is 2.59. The minimum Gasteiger partial charge on any atom is -0.380 e. The molecule has 68 valence electrons. The fraction of sp³-hybridized carbons (Fsp3) is 0.200. The minimum atomic E-state index is -1.15. The zero-order valence-electron chi connectivity index (χ0n) is 6.80. The second kappa shape index (κ2) is 4.01. The number of terminal acetylenes is 1. The molecule has 0 aliphatic heterocycles. The van der Waals surface area contributed by atoms with Crippen LogP contribution in [0.4, 0.5) is 8.78 Å². The Morgan fingerprint density at radius 1 is 1.38 bits per heavy atom. The van der Waals surface area contributed by atoms with E-state index in [0.717, 1.165) is 12.1 Å². The van der Waals surface area contributed by atoms with E-state index in [0.29, 0.717) is 0 Å². The van der Waals surface area contributed by atoms with Gasteiger partial charge >= 0.3 is 0 Å². The summed E-state index contributed by atoms with van der Waals surface area (Å²) in [6.45, 7) is 0. The van der Waals surface area contributed by atoms with Crippen molar-refractivity contribution in [2.45, 2.75) is 12.5 Å². The molecule has 0 aliphatic rings. The largest absolute Gasteiger partial charge is 0.380 e. The van der Waals surface area contributed by atoms with E-state index in [1.165, 1.54) is 6.07 Å². The number of halogens is 2. The molecule has 13 heavy (non-hydrogen) atoms. The van der Waals surface area contributed by atoms with Crippen molar-refractivity contribution in [3.05, 3.63) is 35.4 Å². The van der Waals surface area contributed by atoms with Crippen LogP contribution in [0.1, 0.15) is 5.56 Å². The van der Waals surface area contributed by atoms with Crippen LogP contribution >= 0.6 is 0 Å². The average molecular weight is 182 g/mol. The molecular weight excluding hydrogens is 174 g/mol. The van der Waals surface area contributed by atoms with E-state index in [-0.39, 0.29) is 12.0 Å². The molecule has 0 saturated carbocycles. The van der Waals surface area contributed by atoms with Gasteiger partial charge in [-0.05, 0) is 12.1 Å². The first-order valence-corrected chi connectivity index (χ1v) is 3.72. The van der Waals surface area contributed by atoms with Crippen LogP contribution in [0.3, 0.4) is 0 Å². The normalized spacial score (nSPS) is 12.2. The van der Waals surface area contributed by atoms with Gasteiger partial charge in [-0.25, -0.2) is 8.78 Å². The van der Waals surface area contributed by atoms with Gasteiger partial charge in [-0.15, -0.1) is 6.42 Å². The lowest BCUT2D eigenvalue weighted by atomic mass is 10.1. The summed E-state index contributed by atoms with van der Waals surface area (Å²) in [6.07, 6.45) is 3.53. The minimum absolute atomic E-state index is 0.173. The molecule has 0 aromatic heterocycles. The van der Waals surface area contributed by atoms with Gasteiger partial charge in [0.15, 0.2) is 0 Å². The lowest BCUT2D eigenvalue weighted by Gasteiger charge is -2.05. The number of hydrogen-bond donors (Lipinski definition) is 1. The van der Waals surface area contributed by atoms with Gasteiger partial charge in [0.05, 0.1) is 0 Å². The summed E-state index contributed by atoms with van der Waals surface area (Å²) in [5.41, 5.74) is -0.173. The Morgan fingerprint density at radius 3 is 2.38 bits per heavy atom. The molecule has 0 heterocycles. The second-order valence-corrected chi connectivity index (χ2v) is 2.59. The third-order valence-corrected chi connectivity index (χ3v) is 1.65. The van der Waals surface area contributed by atoms with Crippen molar-refractivity contribution in [2.75, 3.05) is 0 Å². The van der Waals surface area contributed by atoms with Gasteiger partial charge < -0.3 is 5.11 Å². The van der Waals surface area contributed by atoms with Gasteiger partial charge in [0.25, 0.3) is 0 Å². The first-order chi connectivity index (χ1) is 6.15. The maximum Gasteiger partial charge on any atom is 0.129 e. The molecule has 1 unspecified atom stereocenters. The van der Waals surface area contributed by atoms with Gasteiger partial charge in [-0.3, -0.25) is 0 Å². The molecule has 0 bridgehead atoms. The smallest absolute Gasteiger partial charge is 0.129 e. The molecule has 1 nitrogen and oxygen atoms in total. The molecule has 0 spiro atoms. The van der Waals surface area contributed by atoms with Gasteiger partial charge in [0.2, 0.25) is 0 Å². The summed E-state index contributed by atoms with van der Waals surface area (Å²) in [5.74, 6) is 0.618. The summed E-state index contributed by atoms with van der Waals surface area (Å²) in [4.78, 5) is 0. The van der Waals surface area contributed by atoms with Crippen LogP contribution in [0.25, 0.3) is 0 Å². The Kier molecular flexibility index (Phi) is 2.99. The quantitative estimate of drug-likeness (QED) is 0.687. The maximum atomic E-state index is 12.9. The monoisotopic (exact) mass is 182 g/mol. The van der Waals surface area contributed by atoms with Crippen molar-refractivity contribution in [1.82, 2.24) is 0 Å². The Bertz CT molecular complexity index is 321. The molecule has 1 aromatic rings. The maximum absolute atomic E-state index is 12.9. The fourth-order valence-corrected chi connectivity index (χ4v) is 0.980. The number of aliphatic hydroxyl groups excluding tert-OH is 1. The molecule has 3 heteroatoms. The zero-order valence-corrected chi connectivity index (χ0v) is 6.80. The van der Waals surface area contributed by atoms with Crippen LogP contribution in [0.2, 0.25) is 0 Å². The zero-order chi connectivity index (χ0) is 9.84. The van der Waals surface area contributed by atoms with Crippen LogP contribution in [0, 0.1) is 24.0 Å². The first-order valence-electron chi connectivity index (χ1n) is 3.72. The van der Waals surface area contributed by atoms with Crippen LogP contribution in [-0.4, -0.2) is 11.2 Å². The standard InChI is InChI=1S/C10H8F2O/c1-2-7(13)6-8-9(11)4-3-5-10(8)12/h1,3-5,7,13H,6H2. The summed E-state index contributed by atoms with van der Waals surface area (Å²) in [7, 11) is 0. The molecule has 0 radical (unpaired) electrons. The Morgan fingerprint density at radius 2 is 1.92 bits per heavy atom. The van der Waals surface area contributed by atoms with E-state index < -0.39 is 17.7 Å². The average Bonchev–Trinajstić information content (AvgIpc) is 2.11. The third kappa shape index (κ3) is 2.27. The molecule has 1 N–H and O–H groups in total. The molecule has 0 fully saturated rings. The summed E-state index contributed by atoms with van der Waals surface area (Å²) in [5, 5.41) is 8.99. The van der Waals surface area contributed by atoms with Crippen molar-refractivity contribution >= 4 is 0 Å². The Balaban J connectivity index is 2.95. The Labute approximate surface area is 75.0 Å². The summed E-state index contributed by atoms with van der Waals surface area (Å²) in [6, 6.07) is 3.51. The Hall–Kier alpha value is -1.40. The van der Waals surface area contributed by atoms with E-state index >= 15 is 0 Å². The lowest BCUT2D eigenvalue weighted by molar-refractivity contribution is 0.230. The highest BCUT2D eigenvalue weighted by atomic mass is 19.1. The summed E-state index contributed by atoms with van der Waals surface area (Å²) >= 11 is 0. The number of hydrogen-bond acceptors (Lipinski definition) is 1. The van der Waals surface area contributed by atoms with E-state index in [2.05, 4.69) is 0 Å². The molecule has 0 aliphatic carbocycles. The lowest BCUT2D eigenvalue weighted by Crippen LogP contribution is -2.10. The van der Waals surface area contributed by atoms with E-state index in [4.69, 9.17) is 11.5 Å². The molecule has 1 rings (SSSR count). The molecule has 0 saturated heterocycles. The highest BCUT2D eigenvalue weighted by Gasteiger charge is 2.11. The van der Waals surface area contributed by atoms with Gasteiger partial charge in [-0.1, -0.05) is 12.0 Å². The van der Waals surface area contributed by atoms with Crippen LogP contribution in [0.15, 0.2) is 18.2 Å². The van der Waals surface area contributed by atoms with Crippen molar-refractivity contribution in [2.24, 2.45) is 0 Å². The van der Waals surface area contributed by atoms with Crippen molar-refractivity contribution in [3.8, 4) is 12.3 Å². The molecular formula is C10H8F2O. The predicted molar refractivity (Wildman–Crippen MR) is 44.9 cm³/mol. The van der Waals surface area contributed by atoms with Gasteiger partial charge in [-0.2, -0.15) is 0 Å². The van der Waals surface area contributed by atoms with E-state index in [1.54, 1.807) is 0 Å². The predicted octanol–water partition coefficient (Wildman–Crippen LogP) is 1.50. The highest BCUT2D eigenvalue weighted by Crippen LogP contribution is 2.13. The third-order valence-electron chi connectivity index (χ3n) is 1.65. The van der Waals surface area contributed by atoms with Crippen LogP contribution in [-0.2, 0) is 6.42 Å². The van der Waals surface area contributed by atoms with Crippen molar-refractivity contribution in [1.29, 1.82) is 0 Å². The van der Waals surface area contributed by atoms with Crippen molar-refractivity contribution in [3.63, 3.8) is 0 Å². The van der Waals surface area contributed by atoms with E-state index in [9.17, 15) is 8.78 Å². The molecule has 0 amide bonds. The van der Waals surface area contributed by atoms with Crippen LogP contribution < -0.4 is 0 Å². The van der Waals surface area contributed by atoms with E-state index in [1.807, 2.05) is 5.92 Å². The molecule has 1 atom stereocenters. The van der Waals surface area contributed by atoms with Gasteiger partial charge in [0, 0.05) is 12.0 Å². The first kappa shape index (κ1) is 9.69. The number of rotatable bonds is 2. The molecule has 1 aromatic carbocycles. The van der Waals surface area contributed by atoms with Crippen molar-refractivity contribution < 1.29 is 13.9 Å².